The summed E-state index contributed by atoms with van der Waals surface area (Å²) in [4.78, 5) is 23.2. The molecule has 0 saturated carbocycles. The molecule has 0 radical (unpaired) electrons. The molecule has 30 heavy (non-hydrogen) atoms. The predicted octanol–water partition coefficient (Wildman–Crippen LogP) is 4.69. The predicted molar refractivity (Wildman–Crippen MR) is 117 cm³/mol. The molecule has 3 heterocycles. The molecule has 5 rings (SSSR count). The molecule has 0 aliphatic carbocycles. The maximum atomic E-state index is 13.2. The van der Waals surface area contributed by atoms with Crippen molar-refractivity contribution in [2.24, 2.45) is 5.10 Å². The lowest BCUT2D eigenvalue weighted by Gasteiger charge is -2.20. The Morgan fingerprint density at radius 1 is 1.07 bits per heavy atom. The van der Waals surface area contributed by atoms with Crippen molar-refractivity contribution >= 4 is 34.0 Å². The van der Waals surface area contributed by atoms with Gasteiger partial charge in [0.25, 0.3) is 5.91 Å². The van der Waals surface area contributed by atoms with Crippen LogP contribution in [-0.4, -0.2) is 33.7 Å². The standard InChI is InChI=1S/C23H18N4O2S/c1-29-16-10-8-15(9-11-16)19-13-21(27(26-19)23(28)22-7-4-12-30-22)20-14-24-17-5-2-3-6-18(17)25-20/h2-12,14,21H,13H2,1H3/t21-/m1/s1. The third kappa shape index (κ3) is 3.33. The molecule has 148 valence electrons. The molecule has 2 aromatic carbocycles. The third-order valence-electron chi connectivity index (χ3n) is 5.08. The molecule has 4 aromatic rings. The molecule has 6 nitrogen and oxygen atoms in total. The summed E-state index contributed by atoms with van der Waals surface area (Å²) in [5.41, 5.74) is 4.15. The fraction of sp³-hybridized carbons (Fsp3) is 0.130. The molecule has 7 heteroatoms. The van der Waals surface area contributed by atoms with Crippen LogP contribution in [0.2, 0.25) is 0 Å². The average molecular weight is 414 g/mol. The topological polar surface area (TPSA) is 67.7 Å². The van der Waals surface area contributed by atoms with Gasteiger partial charge in [0.05, 0.1) is 40.6 Å². The average Bonchev–Trinajstić information content (AvgIpc) is 3.49. The van der Waals surface area contributed by atoms with E-state index in [1.807, 2.05) is 66.0 Å². The quantitative estimate of drug-likeness (QED) is 0.486. The second kappa shape index (κ2) is 7.68. The number of carbonyl (C=O) groups excluding carboxylic acids is 1. The molecule has 0 unspecified atom stereocenters. The summed E-state index contributed by atoms with van der Waals surface area (Å²) < 4.78 is 5.25. The van der Waals surface area contributed by atoms with E-state index in [1.54, 1.807) is 18.3 Å². The van der Waals surface area contributed by atoms with Gasteiger partial charge in [0, 0.05) is 6.42 Å². The first-order chi connectivity index (χ1) is 14.7. The monoisotopic (exact) mass is 414 g/mol. The van der Waals surface area contributed by atoms with Gasteiger partial charge in [-0.1, -0.05) is 18.2 Å². The molecular formula is C23H18N4O2S. The van der Waals surface area contributed by atoms with Crippen molar-refractivity contribution in [2.45, 2.75) is 12.5 Å². The summed E-state index contributed by atoms with van der Waals surface area (Å²) in [6.07, 6.45) is 2.31. The molecule has 1 amide bonds. The van der Waals surface area contributed by atoms with Gasteiger partial charge < -0.3 is 4.74 Å². The number of ether oxygens (including phenoxy) is 1. The van der Waals surface area contributed by atoms with E-state index in [2.05, 4.69) is 4.98 Å². The van der Waals surface area contributed by atoms with E-state index in [0.717, 1.165) is 33.8 Å². The van der Waals surface area contributed by atoms with Gasteiger partial charge in [0.1, 0.15) is 11.8 Å². The van der Waals surface area contributed by atoms with Crippen LogP contribution < -0.4 is 4.74 Å². The molecule has 1 aliphatic heterocycles. The van der Waals surface area contributed by atoms with E-state index in [0.29, 0.717) is 11.3 Å². The van der Waals surface area contributed by atoms with Gasteiger partial charge in [-0.25, -0.2) is 9.99 Å². The zero-order chi connectivity index (χ0) is 20.5. The van der Waals surface area contributed by atoms with Gasteiger partial charge in [-0.05, 0) is 53.4 Å². The number of para-hydroxylation sites is 2. The molecule has 0 fully saturated rings. The van der Waals surface area contributed by atoms with Crippen LogP contribution in [0.5, 0.6) is 5.75 Å². The minimum Gasteiger partial charge on any atom is -0.497 e. The zero-order valence-corrected chi connectivity index (χ0v) is 17.0. The van der Waals surface area contributed by atoms with Crippen LogP contribution in [0.1, 0.15) is 33.4 Å². The molecule has 1 atom stereocenters. The molecule has 2 aromatic heterocycles. The minimum absolute atomic E-state index is 0.131. The first-order valence-corrected chi connectivity index (χ1v) is 10.4. The number of thiophene rings is 1. The smallest absolute Gasteiger partial charge is 0.284 e. The first kappa shape index (κ1) is 18.4. The Hall–Kier alpha value is -3.58. The van der Waals surface area contributed by atoms with E-state index in [4.69, 9.17) is 14.8 Å². The largest absolute Gasteiger partial charge is 0.497 e. The normalized spacial score (nSPS) is 16.0. The molecule has 0 N–H and O–H groups in total. The maximum absolute atomic E-state index is 13.2. The van der Waals surface area contributed by atoms with Gasteiger partial charge in [-0.15, -0.1) is 11.3 Å². The summed E-state index contributed by atoms with van der Waals surface area (Å²) in [5, 5.41) is 8.14. The van der Waals surface area contributed by atoms with Crippen molar-refractivity contribution < 1.29 is 9.53 Å². The van der Waals surface area contributed by atoms with E-state index >= 15 is 0 Å². The van der Waals surface area contributed by atoms with E-state index < -0.39 is 0 Å². The van der Waals surface area contributed by atoms with Crippen molar-refractivity contribution in [2.75, 3.05) is 7.11 Å². The Kier molecular flexibility index (Phi) is 4.72. The Bertz CT molecular complexity index is 1240. The number of rotatable bonds is 4. The third-order valence-corrected chi connectivity index (χ3v) is 5.94. The number of nitrogens with zero attached hydrogens (tertiary/aromatic N) is 4. The van der Waals surface area contributed by atoms with E-state index in [9.17, 15) is 4.79 Å². The zero-order valence-electron chi connectivity index (χ0n) is 16.2. The Labute approximate surface area is 177 Å². The van der Waals surface area contributed by atoms with Crippen LogP contribution in [0.3, 0.4) is 0 Å². The number of methoxy groups -OCH3 is 1. The first-order valence-electron chi connectivity index (χ1n) is 9.53. The van der Waals surface area contributed by atoms with Crippen LogP contribution in [0.4, 0.5) is 0 Å². The maximum Gasteiger partial charge on any atom is 0.284 e. The minimum atomic E-state index is -0.311. The molecule has 1 aliphatic rings. The summed E-state index contributed by atoms with van der Waals surface area (Å²) in [7, 11) is 1.64. The highest BCUT2D eigenvalue weighted by Crippen LogP contribution is 2.34. The van der Waals surface area contributed by atoms with Gasteiger partial charge in [0.15, 0.2) is 0 Å². The Balaban J connectivity index is 1.54. The SMILES string of the molecule is COc1ccc(C2=NN(C(=O)c3cccs3)[C@@H](c3cnc4ccccc4n3)C2)cc1. The van der Waals surface area contributed by atoms with Crippen molar-refractivity contribution in [3.8, 4) is 5.75 Å². The highest BCUT2D eigenvalue weighted by atomic mass is 32.1. The lowest BCUT2D eigenvalue weighted by atomic mass is 10.0. The fourth-order valence-electron chi connectivity index (χ4n) is 3.53. The molecular weight excluding hydrogens is 396 g/mol. The van der Waals surface area contributed by atoms with Crippen LogP contribution in [0.15, 0.2) is 77.3 Å². The summed E-state index contributed by atoms with van der Waals surface area (Å²) >= 11 is 1.41. The molecule has 0 spiro atoms. The lowest BCUT2D eigenvalue weighted by molar-refractivity contribution is 0.0713. The molecule has 0 saturated heterocycles. The second-order valence-electron chi connectivity index (χ2n) is 6.91. The summed E-state index contributed by atoms with van der Waals surface area (Å²) in [5.74, 6) is 0.647. The van der Waals surface area contributed by atoms with Crippen LogP contribution in [-0.2, 0) is 0 Å². The highest BCUT2D eigenvalue weighted by molar-refractivity contribution is 7.12. The number of benzene rings is 2. The number of carbonyl (C=O) groups is 1. The summed E-state index contributed by atoms with van der Waals surface area (Å²) in [6, 6.07) is 18.8. The van der Waals surface area contributed by atoms with Crippen molar-refractivity contribution in [3.05, 3.63) is 88.4 Å². The Morgan fingerprint density at radius 2 is 1.87 bits per heavy atom. The number of aromatic nitrogens is 2. The van der Waals surface area contributed by atoms with Gasteiger partial charge in [0.2, 0.25) is 0 Å². The van der Waals surface area contributed by atoms with Crippen molar-refractivity contribution in [1.29, 1.82) is 0 Å². The molecule has 0 bridgehead atoms. The van der Waals surface area contributed by atoms with Crippen LogP contribution >= 0.6 is 11.3 Å². The fourth-order valence-corrected chi connectivity index (χ4v) is 4.19. The van der Waals surface area contributed by atoms with Crippen LogP contribution in [0.25, 0.3) is 11.0 Å². The van der Waals surface area contributed by atoms with Crippen LogP contribution in [0, 0.1) is 0 Å². The Morgan fingerprint density at radius 3 is 2.60 bits per heavy atom. The van der Waals surface area contributed by atoms with Gasteiger partial charge in [-0.2, -0.15) is 5.10 Å². The highest BCUT2D eigenvalue weighted by Gasteiger charge is 2.35. The second-order valence-corrected chi connectivity index (χ2v) is 7.85. The van der Waals surface area contributed by atoms with E-state index in [1.165, 1.54) is 11.3 Å². The van der Waals surface area contributed by atoms with Gasteiger partial charge >= 0.3 is 0 Å². The number of hydrazone groups is 1. The van der Waals surface area contributed by atoms with Crippen molar-refractivity contribution in [3.63, 3.8) is 0 Å². The van der Waals surface area contributed by atoms with Crippen molar-refractivity contribution in [1.82, 2.24) is 15.0 Å². The number of hydrogen-bond donors (Lipinski definition) is 0. The summed E-state index contributed by atoms with van der Waals surface area (Å²) in [6.45, 7) is 0. The van der Waals surface area contributed by atoms with E-state index in [-0.39, 0.29) is 11.9 Å². The number of amides is 1. The number of hydrogen-bond acceptors (Lipinski definition) is 6. The van der Waals surface area contributed by atoms with Gasteiger partial charge in [-0.3, -0.25) is 9.78 Å². The lowest BCUT2D eigenvalue weighted by Crippen LogP contribution is -2.27. The number of fused-ring (bicyclic) bond motifs is 1.